The maximum atomic E-state index is 12.7. The summed E-state index contributed by atoms with van der Waals surface area (Å²) in [6.45, 7) is -0.243. The molecule has 3 heterocycles. The Morgan fingerprint density at radius 2 is 2.20 bits per heavy atom. The molecule has 2 amide bonds. The Bertz CT molecular complexity index is 945. The van der Waals surface area contributed by atoms with E-state index in [4.69, 9.17) is 21.4 Å². The van der Waals surface area contributed by atoms with Crippen molar-refractivity contribution in [3.8, 4) is 5.88 Å². The van der Waals surface area contributed by atoms with E-state index in [0.29, 0.717) is 29.7 Å². The maximum Gasteiger partial charge on any atom is 0.272 e. The SMILES string of the molecule is O=C(NCCCO)c1nccc2c1CN(Cc1cnc(OCC(F)F)c(Cl)c1)C2=O. The minimum atomic E-state index is -2.65. The standard InChI is InChI=1S/C19H19ClF2N4O4/c20-14-6-11(7-25-18(14)30-10-15(21)22)8-26-9-13-12(19(26)29)2-4-23-16(13)17(28)24-3-1-5-27/h2,4,6-7,15,27H,1,3,5,8-10H2,(H,24,28). The van der Waals surface area contributed by atoms with Crippen molar-refractivity contribution < 1.29 is 28.2 Å². The number of halogens is 3. The number of rotatable bonds is 9. The molecule has 2 aromatic heterocycles. The van der Waals surface area contributed by atoms with Crippen LogP contribution in [0.4, 0.5) is 8.78 Å². The molecule has 0 saturated carbocycles. The van der Waals surface area contributed by atoms with Gasteiger partial charge in [0, 0.05) is 49.8 Å². The molecule has 0 radical (unpaired) electrons. The van der Waals surface area contributed by atoms with Gasteiger partial charge in [0.2, 0.25) is 5.88 Å². The van der Waals surface area contributed by atoms with Crippen LogP contribution >= 0.6 is 11.6 Å². The number of aliphatic hydroxyl groups excluding tert-OH is 1. The zero-order valence-electron chi connectivity index (χ0n) is 15.8. The Hall–Kier alpha value is -2.85. The molecule has 2 N–H and O–H groups in total. The van der Waals surface area contributed by atoms with Crippen molar-refractivity contribution >= 4 is 23.4 Å². The maximum absolute atomic E-state index is 12.7. The van der Waals surface area contributed by atoms with Crippen LogP contribution in [0.1, 0.15) is 38.4 Å². The van der Waals surface area contributed by atoms with Crippen LogP contribution in [0.5, 0.6) is 5.88 Å². The topological polar surface area (TPSA) is 105 Å². The summed E-state index contributed by atoms with van der Waals surface area (Å²) in [7, 11) is 0. The lowest BCUT2D eigenvalue weighted by atomic mass is 10.1. The summed E-state index contributed by atoms with van der Waals surface area (Å²) in [4.78, 5) is 34.6. The van der Waals surface area contributed by atoms with Gasteiger partial charge >= 0.3 is 0 Å². The van der Waals surface area contributed by atoms with Gasteiger partial charge < -0.3 is 20.1 Å². The number of nitrogens with one attached hydrogen (secondary N) is 1. The molecular weight excluding hydrogens is 422 g/mol. The first kappa shape index (κ1) is 21.8. The number of pyridine rings is 2. The summed E-state index contributed by atoms with van der Waals surface area (Å²) < 4.78 is 29.4. The third-order valence-electron chi connectivity index (χ3n) is 4.34. The lowest BCUT2D eigenvalue weighted by Gasteiger charge is -2.16. The van der Waals surface area contributed by atoms with Crippen LogP contribution in [0.15, 0.2) is 24.5 Å². The van der Waals surface area contributed by atoms with Crippen LogP contribution in [0.2, 0.25) is 5.02 Å². The average Bonchev–Trinajstić information content (AvgIpc) is 3.03. The Morgan fingerprint density at radius 3 is 2.90 bits per heavy atom. The van der Waals surface area contributed by atoms with Crippen LogP contribution in [0, 0.1) is 0 Å². The molecule has 1 aliphatic rings. The number of ether oxygens (including phenoxy) is 1. The van der Waals surface area contributed by atoms with E-state index in [1.54, 1.807) is 6.07 Å². The van der Waals surface area contributed by atoms with Crippen molar-refractivity contribution in [2.45, 2.75) is 25.9 Å². The molecule has 0 saturated heterocycles. The van der Waals surface area contributed by atoms with Gasteiger partial charge in [-0.05, 0) is 24.1 Å². The van der Waals surface area contributed by atoms with Crippen molar-refractivity contribution in [2.75, 3.05) is 19.8 Å². The molecule has 11 heteroatoms. The molecule has 8 nitrogen and oxygen atoms in total. The fourth-order valence-electron chi connectivity index (χ4n) is 2.99. The van der Waals surface area contributed by atoms with Crippen molar-refractivity contribution in [1.29, 1.82) is 0 Å². The predicted molar refractivity (Wildman–Crippen MR) is 103 cm³/mol. The highest BCUT2D eigenvalue weighted by molar-refractivity contribution is 6.31. The van der Waals surface area contributed by atoms with E-state index in [9.17, 15) is 18.4 Å². The van der Waals surface area contributed by atoms with Gasteiger partial charge in [-0.15, -0.1) is 0 Å². The predicted octanol–water partition coefficient (Wildman–Crippen LogP) is 2.04. The third kappa shape index (κ3) is 5.00. The number of aromatic nitrogens is 2. The van der Waals surface area contributed by atoms with Gasteiger partial charge in [0.25, 0.3) is 18.2 Å². The van der Waals surface area contributed by atoms with Gasteiger partial charge in [0.15, 0.2) is 6.61 Å². The number of hydrogen-bond acceptors (Lipinski definition) is 6. The highest BCUT2D eigenvalue weighted by atomic mass is 35.5. The van der Waals surface area contributed by atoms with Gasteiger partial charge in [0.1, 0.15) is 10.7 Å². The molecule has 30 heavy (non-hydrogen) atoms. The molecule has 0 aliphatic carbocycles. The second kappa shape index (κ2) is 9.77. The molecule has 0 atom stereocenters. The Kier molecular flexibility index (Phi) is 7.11. The Balaban J connectivity index is 1.71. The molecule has 0 bridgehead atoms. The zero-order valence-corrected chi connectivity index (χ0v) is 16.5. The first-order valence-corrected chi connectivity index (χ1v) is 9.50. The lowest BCUT2D eigenvalue weighted by Crippen LogP contribution is -2.27. The highest BCUT2D eigenvalue weighted by Crippen LogP contribution is 2.28. The quantitative estimate of drug-likeness (QED) is 0.578. The van der Waals surface area contributed by atoms with Crippen molar-refractivity contribution in [1.82, 2.24) is 20.2 Å². The number of alkyl halides is 2. The smallest absolute Gasteiger partial charge is 0.272 e. The molecular formula is C19H19ClF2N4O4. The van der Waals surface area contributed by atoms with Crippen molar-refractivity contribution in [3.05, 3.63) is 51.9 Å². The summed E-state index contributed by atoms with van der Waals surface area (Å²) in [5.74, 6) is -0.797. The van der Waals surface area contributed by atoms with Gasteiger partial charge in [-0.3, -0.25) is 14.6 Å². The number of carbonyl (C=O) groups is 2. The fourth-order valence-corrected chi connectivity index (χ4v) is 3.24. The second-order valence-electron chi connectivity index (χ2n) is 6.51. The van der Waals surface area contributed by atoms with Gasteiger partial charge in [-0.1, -0.05) is 11.6 Å². The number of aliphatic hydroxyl groups is 1. The molecule has 2 aromatic rings. The highest BCUT2D eigenvalue weighted by Gasteiger charge is 2.32. The number of amides is 2. The van der Waals surface area contributed by atoms with E-state index in [1.165, 1.54) is 23.4 Å². The van der Waals surface area contributed by atoms with Crippen LogP contribution < -0.4 is 10.1 Å². The number of carbonyl (C=O) groups excluding carboxylic acids is 2. The monoisotopic (exact) mass is 440 g/mol. The minimum absolute atomic E-state index is 0.0462. The Labute approximate surface area is 175 Å². The van der Waals surface area contributed by atoms with E-state index in [1.807, 2.05) is 0 Å². The fraction of sp³-hybridized carbons (Fsp3) is 0.368. The van der Waals surface area contributed by atoms with Gasteiger partial charge in [-0.2, -0.15) is 0 Å². The molecule has 0 aromatic carbocycles. The molecule has 0 spiro atoms. The second-order valence-corrected chi connectivity index (χ2v) is 6.92. The summed E-state index contributed by atoms with van der Waals surface area (Å²) >= 11 is 6.03. The van der Waals surface area contributed by atoms with Crippen LogP contribution in [0.3, 0.4) is 0 Å². The largest absolute Gasteiger partial charge is 0.471 e. The first-order valence-electron chi connectivity index (χ1n) is 9.12. The van der Waals surface area contributed by atoms with Crippen molar-refractivity contribution in [3.63, 3.8) is 0 Å². The third-order valence-corrected chi connectivity index (χ3v) is 4.61. The molecule has 0 unspecified atom stereocenters. The van der Waals surface area contributed by atoms with Crippen LogP contribution in [-0.2, 0) is 13.1 Å². The zero-order chi connectivity index (χ0) is 21.7. The molecule has 160 valence electrons. The van der Waals surface area contributed by atoms with E-state index >= 15 is 0 Å². The lowest BCUT2D eigenvalue weighted by molar-refractivity contribution is 0.0762. The minimum Gasteiger partial charge on any atom is -0.471 e. The number of nitrogens with zero attached hydrogens (tertiary/aromatic N) is 3. The molecule has 0 fully saturated rings. The van der Waals surface area contributed by atoms with Crippen molar-refractivity contribution in [2.24, 2.45) is 0 Å². The summed E-state index contributed by atoms with van der Waals surface area (Å²) in [6, 6.07) is 3.04. The molecule has 1 aliphatic heterocycles. The number of fused-ring (bicyclic) bond motifs is 1. The van der Waals surface area contributed by atoms with Gasteiger partial charge in [0.05, 0.1) is 0 Å². The summed E-state index contributed by atoms with van der Waals surface area (Å²) in [5, 5.41) is 11.5. The Morgan fingerprint density at radius 1 is 1.40 bits per heavy atom. The average molecular weight is 441 g/mol. The van der Waals surface area contributed by atoms with Gasteiger partial charge in [-0.25, -0.2) is 13.8 Å². The van der Waals surface area contributed by atoms with E-state index in [-0.39, 0.29) is 42.2 Å². The number of hydrogen-bond donors (Lipinski definition) is 2. The molecule has 3 rings (SSSR count). The van der Waals surface area contributed by atoms with Crippen LogP contribution in [-0.4, -0.2) is 58.0 Å². The van der Waals surface area contributed by atoms with Crippen LogP contribution in [0.25, 0.3) is 0 Å². The normalized spacial score (nSPS) is 13.0. The van der Waals surface area contributed by atoms with E-state index in [0.717, 1.165) is 0 Å². The summed E-state index contributed by atoms with van der Waals surface area (Å²) in [5.41, 5.74) is 1.63. The summed E-state index contributed by atoms with van der Waals surface area (Å²) in [6.07, 6.45) is 0.557. The van der Waals surface area contributed by atoms with E-state index < -0.39 is 18.9 Å². The van der Waals surface area contributed by atoms with E-state index in [2.05, 4.69) is 15.3 Å². The first-order chi connectivity index (χ1) is 14.4.